The first-order valence-corrected chi connectivity index (χ1v) is 7.42. The average molecular weight is 276 g/mol. The van der Waals surface area contributed by atoms with Crippen molar-refractivity contribution in [3.05, 3.63) is 46.4 Å². The van der Waals surface area contributed by atoms with Crippen LogP contribution in [0.15, 0.2) is 36.0 Å². The first-order chi connectivity index (χ1) is 9.24. The summed E-state index contributed by atoms with van der Waals surface area (Å²) < 4.78 is 5.76. The highest BCUT2D eigenvalue weighted by atomic mass is 32.1. The summed E-state index contributed by atoms with van der Waals surface area (Å²) in [6.07, 6.45) is 1.85. The molecule has 2 aromatic rings. The van der Waals surface area contributed by atoms with Crippen molar-refractivity contribution >= 4 is 11.3 Å². The Kier molecular flexibility index (Phi) is 5.36. The third kappa shape index (κ3) is 5.01. The van der Waals surface area contributed by atoms with Gasteiger partial charge in [0, 0.05) is 12.7 Å². The van der Waals surface area contributed by atoms with Crippen molar-refractivity contribution < 1.29 is 4.74 Å². The molecule has 0 saturated heterocycles. The normalized spacial score (nSPS) is 10.9. The third-order valence-electron chi connectivity index (χ3n) is 2.64. The van der Waals surface area contributed by atoms with Crippen LogP contribution in [0, 0.1) is 5.92 Å². The minimum absolute atomic E-state index is 0.591. The number of nitrogens with zero attached hydrogens (tertiary/aromatic N) is 1. The molecule has 0 bridgehead atoms. The van der Waals surface area contributed by atoms with Crippen molar-refractivity contribution in [2.45, 2.75) is 27.0 Å². The lowest BCUT2D eigenvalue weighted by Gasteiger charge is -2.09. The summed E-state index contributed by atoms with van der Waals surface area (Å²) in [6, 6.07) is 8.24. The first kappa shape index (κ1) is 14.0. The first-order valence-electron chi connectivity index (χ1n) is 6.54. The van der Waals surface area contributed by atoms with E-state index in [1.807, 2.05) is 23.8 Å². The Labute approximate surface area is 118 Å². The number of benzene rings is 1. The molecule has 0 atom stereocenters. The number of aromatic nitrogens is 1. The summed E-state index contributed by atoms with van der Waals surface area (Å²) in [7, 11) is 0. The SMILES string of the molecule is CC(C)CNCc1cccc(OCc2cncs2)c1. The van der Waals surface area contributed by atoms with Crippen LogP contribution >= 0.6 is 11.3 Å². The fourth-order valence-corrected chi connectivity index (χ4v) is 2.22. The topological polar surface area (TPSA) is 34.1 Å². The van der Waals surface area contributed by atoms with Gasteiger partial charge in [0.25, 0.3) is 0 Å². The summed E-state index contributed by atoms with van der Waals surface area (Å²) in [6.45, 7) is 6.93. The second-order valence-corrected chi connectivity index (χ2v) is 5.90. The molecule has 1 heterocycles. The molecule has 1 N–H and O–H groups in total. The standard InChI is InChI=1S/C15H20N2OS/c1-12(2)7-16-8-13-4-3-5-14(6-13)18-10-15-9-17-11-19-15/h3-6,9,11-12,16H,7-8,10H2,1-2H3. The van der Waals surface area contributed by atoms with E-state index in [0.29, 0.717) is 12.5 Å². The van der Waals surface area contributed by atoms with Crippen LogP contribution in [-0.2, 0) is 13.2 Å². The Bertz CT molecular complexity index is 483. The van der Waals surface area contributed by atoms with E-state index in [2.05, 4.69) is 36.3 Å². The zero-order chi connectivity index (χ0) is 13.5. The molecule has 19 heavy (non-hydrogen) atoms. The molecule has 0 spiro atoms. The number of nitrogens with one attached hydrogen (secondary N) is 1. The van der Waals surface area contributed by atoms with Crippen molar-refractivity contribution in [1.82, 2.24) is 10.3 Å². The van der Waals surface area contributed by atoms with Crippen LogP contribution in [0.25, 0.3) is 0 Å². The van der Waals surface area contributed by atoms with E-state index in [9.17, 15) is 0 Å². The number of hydrogen-bond donors (Lipinski definition) is 1. The van der Waals surface area contributed by atoms with Gasteiger partial charge in [0.15, 0.2) is 0 Å². The Morgan fingerprint density at radius 2 is 2.26 bits per heavy atom. The Balaban J connectivity index is 1.84. The van der Waals surface area contributed by atoms with Crippen LogP contribution in [0.2, 0.25) is 0 Å². The van der Waals surface area contributed by atoms with Crippen molar-refractivity contribution in [3.8, 4) is 5.75 Å². The molecule has 1 aromatic carbocycles. The lowest BCUT2D eigenvalue weighted by Crippen LogP contribution is -2.18. The van der Waals surface area contributed by atoms with E-state index in [4.69, 9.17) is 4.74 Å². The molecule has 2 rings (SSSR count). The molecule has 1 aromatic heterocycles. The Morgan fingerprint density at radius 3 is 3.00 bits per heavy atom. The van der Waals surface area contributed by atoms with Gasteiger partial charge in [0.1, 0.15) is 12.4 Å². The van der Waals surface area contributed by atoms with E-state index < -0.39 is 0 Å². The lowest BCUT2D eigenvalue weighted by atomic mass is 10.2. The quantitative estimate of drug-likeness (QED) is 0.841. The van der Waals surface area contributed by atoms with Gasteiger partial charge in [-0.15, -0.1) is 11.3 Å². The van der Waals surface area contributed by atoms with Gasteiger partial charge in [-0.05, 0) is 30.2 Å². The van der Waals surface area contributed by atoms with Crippen LogP contribution in [0.5, 0.6) is 5.75 Å². The van der Waals surface area contributed by atoms with E-state index in [0.717, 1.165) is 23.7 Å². The van der Waals surface area contributed by atoms with E-state index in [1.165, 1.54) is 5.56 Å². The highest BCUT2D eigenvalue weighted by molar-refractivity contribution is 7.09. The Morgan fingerprint density at radius 1 is 1.37 bits per heavy atom. The summed E-state index contributed by atoms with van der Waals surface area (Å²) in [5.74, 6) is 1.59. The highest BCUT2D eigenvalue weighted by Crippen LogP contribution is 2.16. The van der Waals surface area contributed by atoms with Gasteiger partial charge < -0.3 is 10.1 Å². The van der Waals surface area contributed by atoms with Crippen LogP contribution in [0.4, 0.5) is 0 Å². The predicted octanol–water partition coefficient (Wildman–Crippen LogP) is 3.47. The maximum atomic E-state index is 5.76. The molecule has 0 radical (unpaired) electrons. The average Bonchev–Trinajstić information content (AvgIpc) is 2.89. The maximum Gasteiger partial charge on any atom is 0.124 e. The van der Waals surface area contributed by atoms with Gasteiger partial charge in [0.05, 0.1) is 10.4 Å². The fraction of sp³-hybridized carbons (Fsp3) is 0.400. The van der Waals surface area contributed by atoms with Gasteiger partial charge in [-0.1, -0.05) is 26.0 Å². The van der Waals surface area contributed by atoms with Crippen LogP contribution < -0.4 is 10.1 Å². The molecule has 0 amide bonds. The number of ether oxygens (including phenoxy) is 1. The predicted molar refractivity (Wildman–Crippen MR) is 79.4 cm³/mol. The van der Waals surface area contributed by atoms with Gasteiger partial charge in [-0.2, -0.15) is 0 Å². The largest absolute Gasteiger partial charge is 0.488 e. The van der Waals surface area contributed by atoms with Gasteiger partial charge in [-0.25, -0.2) is 0 Å². The number of thiazole rings is 1. The van der Waals surface area contributed by atoms with E-state index in [-0.39, 0.29) is 0 Å². The van der Waals surface area contributed by atoms with Crippen molar-refractivity contribution in [3.63, 3.8) is 0 Å². The van der Waals surface area contributed by atoms with Gasteiger partial charge >= 0.3 is 0 Å². The van der Waals surface area contributed by atoms with Gasteiger partial charge in [0.2, 0.25) is 0 Å². The molecule has 0 fully saturated rings. The van der Waals surface area contributed by atoms with Crippen molar-refractivity contribution in [2.75, 3.05) is 6.54 Å². The molecule has 0 saturated carbocycles. The lowest BCUT2D eigenvalue weighted by molar-refractivity contribution is 0.309. The summed E-state index contributed by atoms with van der Waals surface area (Å²) >= 11 is 1.61. The van der Waals surface area contributed by atoms with Crippen molar-refractivity contribution in [1.29, 1.82) is 0 Å². The monoisotopic (exact) mass is 276 g/mol. The van der Waals surface area contributed by atoms with E-state index in [1.54, 1.807) is 11.3 Å². The number of rotatable bonds is 7. The van der Waals surface area contributed by atoms with E-state index >= 15 is 0 Å². The minimum Gasteiger partial charge on any atom is -0.488 e. The molecular formula is C15H20N2OS. The maximum absolute atomic E-state index is 5.76. The zero-order valence-corrected chi connectivity index (χ0v) is 12.2. The van der Waals surface area contributed by atoms with Crippen molar-refractivity contribution in [2.24, 2.45) is 5.92 Å². The third-order valence-corrected chi connectivity index (χ3v) is 3.40. The molecule has 102 valence electrons. The zero-order valence-electron chi connectivity index (χ0n) is 11.4. The molecule has 0 aliphatic heterocycles. The second kappa shape index (κ2) is 7.26. The summed E-state index contributed by atoms with van der Waals surface area (Å²) in [5.41, 5.74) is 3.08. The molecule has 0 aliphatic rings. The summed E-state index contributed by atoms with van der Waals surface area (Å²) in [5, 5.41) is 3.43. The molecule has 0 unspecified atom stereocenters. The molecule has 3 nitrogen and oxygen atoms in total. The minimum atomic E-state index is 0.591. The molecule has 4 heteroatoms. The smallest absolute Gasteiger partial charge is 0.124 e. The highest BCUT2D eigenvalue weighted by Gasteiger charge is 2.00. The number of hydrogen-bond acceptors (Lipinski definition) is 4. The summed E-state index contributed by atoms with van der Waals surface area (Å²) in [4.78, 5) is 5.18. The van der Waals surface area contributed by atoms with Crippen LogP contribution in [0.3, 0.4) is 0 Å². The molecular weight excluding hydrogens is 256 g/mol. The second-order valence-electron chi connectivity index (χ2n) is 4.93. The fourth-order valence-electron chi connectivity index (χ4n) is 1.72. The van der Waals surface area contributed by atoms with Gasteiger partial charge in [-0.3, -0.25) is 4.98 Å². The van der Waals surface area contributed by atoms with Crippen LogP contribution in [0.1, 0.15) is 24.3 Å². The Hall–Kier alpha value is -1.39. The van der Waals surface area contributed by atoms with Crippen LogP contribution in [-0.4, -0.2) is 11.5 Å². The molecule has 0 aliphatic carbocycles.